The molecule has 6 heavy (non-hydrogen) atoms. The van der Waals surface area contributed by atoms with Gasteiger partial charge in [-0.1, -0.05) is 0 Å². The summed E-state index contributed by atoms with van der Waals surface area (Å²) in [4.78, 5) is 9.74. The summed E-state index contributed by atoms with van der Waals surface area (Å²) >= 11 is 0. The van der Waals surface area contributed by atoms with Crippen LogP contribution in [0.4, 0.5) is 0 Å². The molecule has 0 aliphatic heterocycles. The topological polar surface area (TPSA) is 43.4 Å². The van der Waals surface area contributed by atoms with E-state index in [1.807, 2.05) is 0 Å². The maximum atomic E-state index is 9.74. The predicted octanol–water partition coefficient (Wildman–Crippen LogP) is 0.233. The Labute approximate surface area is 33.2 Å². The van der Waals surface area contributed by atoms with Gasteiger partial charge in [0.2, 0.25) is 0 Å². The van der Waals surface area contributed by atoms with Crippen LogP contribution in [0.5, 0.6) is 0 Å². The fourth-order valence-corrected chi connectivity index (χ4v) is 0.194. The Morgan fingerprint density at radius 2 is 1.83 bits per heavy atom. The first-order chi connectivity index (χ1) is 2.89. The summed E-state index contributed by atoms with van der Waals surface area (Å²) < 4.78 is 8.22. The second-order valence-corrected chi connectivity index (χ2v) is 0.758. The average Bonchev–Trinajstić information content (AvgIpc) is 1.86. The van der Waals surface area contributed by atoms with Crippen molar-refractivity contribution < 1.29 is 8.83 Å². The van der Waals surface area contributed by atoms with Gasteiger partial charge in [0.25, 0.3) is 0 Å². The number of hydrogen-bond donors (Lipinski definition) is 0. The molecule has 0 amide bonds. The van der Waals surface area contributed by atoms with Crippen molar-refractivity contribution in [1.29, 1.82) is 0 Å². The van der Waals surface area contributed by atoms with E-state index in [1.165, 1.54) is 12.5 Å². The van der Waals surface area contributed by atoms with Crippen molar-refractivity contribution in [3.05, 3.63) is 23.1 Å². The van der Waals surface area contributed by atoms with Crippen molar-refractivity contribution in [1.82, 2.24) is 0 Å². The Balaban J connectivity index is 3.41. The molecular formula is C3H2O3. The highest BCUT2D eigenvalue weighted by molar-refractivity contribution is 4.49. The van der Waals surface area contributed by atoms with Crippen LogP contribution in [0, 0.1) is 0 Å². The molecule has 0 saturated carbocycles. The fourth-order valence-electron chi connectivity index (χ4n) is 0.194. The molecule has 0 spiro atoms. The van der Waals surface area contributed by atoms with E-state index in [0.717, 1.165) is 0 Å². The monoisotopic (exact) mass is 86.0 g/mol. The van der Waals surface area contributed by atoms with Crippen LogP contribution >= 0.6 is 0 Å². The molecule has 1 aromatic heterocycles. The first-order valence-electron chi connectivity index (χ1n) is 1.42. The van der Waals surface area contributed by atoms with E-state index in [2.05, 4.69) is 8.83 Å². The van der Waals surface area contributed by atoms with Crippen LogP contribution in [0.25, 0.3) is 0 Å². The maximum Gasteiger partial charge on any atom is 0.518 e. The van der Waals surface area contributed by atoms with E-state index in [4.69, 9.17) is 0 Å². The van der Waals surface area contributed by atoms with E-state index < -0.39 is 5.82 Å². The highest BCUT2D eigenvalue weighted by atomic mass is 16.5. The van der Waals surface area contributed by atoms with E-state index in [-0.39, 0.29) is 0 Å². The zero-order valence-corrected chi connectivity index (χ0v) is 2.88. The van der Waals surface area contributed by atoms with Crippen LogP contribution in [-0.4, -0.2) is 0 Å². The molecule has 32 valence electrons. The van der Waals surface area contributed by atoms with Crippen LogP contribution in [-0.2, 0) is 0 Å². The highest BCUT2D eigenvalue weighted by Gasteiger charge is 1.77. The zero-order valence-electron chi connectivity index (χ0n) is 2.88. The molecule has 3 heteroatoms. The average molecular weight is 86.0 g/mol. The van der Waals surface area contributed by atoms with Gasteiger partial charge in [0.15, 0.2) is 0 Å². The van der Waals surface area contributed by atoms with Gasteiger partial charge in [-0.05, 0) is 0 Å². The minimum atomic E-state index is -0.657. The fraction of sp³-hybridized carbons (Fsp3) is 0. The minimum Gasteiger partial charge on any atom is -0.399 e. The number of hydrogen-bond acceptors (Lipinski definition) is 3. The lowest BCUT2D eigenvalue weighted by Gasteiger charge is -1.49. The summed E-state index contributed by atoms with van der Waals surface area (Å²) in [5.41, 5.74) is 0. The third-order valence-electron chi connectivity index (χ3n) is 0.384. The van der Waals surface area contributed by atoms with Crippen LogP contribution in [0.15, 0.2) is 26.2 Å². The summed E-state index contributed by atoms with van der Waals surface area (Å²) in [5, 5.41) is 0. The van der Waals surface area contributed by atoms with Crippen molar-refractivity contribution in [3.63, 3.8) is 0 Å². The molecular weight excluding hydrogens is 84.0 g/mol. The SMILES string of the molecule is O=c1occo1. The molecule has 1 rings (SSSR count). The summed E-state index contributed by atoms with van der Waals surface area (Å²) in [5.74, 6) is -0.657. The van der Waals surface area contributed by atoms with Crippen LogP contribution in [0.2, 0.25) is 0 Å². The molecule has 0 atom stereocenters. The number of rotatable bonds is 0. The van der Waals surface area contributed by atoms with Crippen LogP contribution in [0.3, 0.4) is 0 Å². The normalized spacial score (nSPS) is 8.67. The third-order valence-corrected chi connectivity index (χ3v) is 0.384. The first-order valence-corrected chi connectivity index (χ1v) is 1.42. The second kappa shape index (κ2) is 1.01. The lowest BCUT2D eigenvalue weighted by atomic mass is 11.1. The van der Waals surface area contributed by atoms with Crippen molar-refractivity contribution in [2.45, 2.75) is 0 Å². The van der Waals surface area contributed by atoms with Crippen molar-refractivity contribution in [2.24, 2.45) is 0 Å². The van der Waals surface area contributed by atoms with Gasteiger partial charge in [-0.15, -0.1) is 0 Å². The largest absolute Gasteiger partial charge is 0.518 e. The Bertz CT molecular complexity index is 144. The molecule has 1 aromatic rings. The van der Waals surface area contributed by atoms with Gasteiger partial charge in [-0.25, -0.2) is 4.79 Å². The highest BCUT2D eigenvalue weighted by Crippen LogP contribution is 1.70. The van der Waals surface area contributed by atoms with Gasteiger partial charge >= 0.3 is 5.82 Å². The molecule has 0 aromatic carbocycles. The van der Waals surface area contributed by atoms with Crippen LogP contribution < -0.4 is 5.82 Å². The van der Waals surface area contributed by atoms with Crippen molar-refractivity contribution in [3.8, 4) is 0 Å². The van der Waals surface area contributed by atoms with E-state index >= 15 is 0 Å². The third kappa shape index (κ3) is 0.337. The standard InChI is InChI=1S/C3H2O3/c4-3-5-1-2-6-3/h1-2H. The summed E-state index contributed by atoms with van der Waals surface area (Å²) in [7, 11) is 0. The lowest BCUT2D eigenvalue weighted by Crippen LogP contribution is -1.83. The minimum absolute atomic E-state index is 0.657. The summed E-state index contributed by atoms with van der Waals surface area (Å²) in [6.45, 7) is 0. The van der Waals surface area contributed by atoms with Gasteiger partial charge in [-0.3, -0.25) is 0 Å². The smallest absolute Gasteiger partial charge is 0.399 e. The van der Waals surface area contributed by atoms with Crippen molar-refractivity contribution >= 4 is 0 Å². The first kappa shape index (κ1) is 3.21. The molecule has 1 heterocycles. The van der Waals surface area contributed by atoms with Crippen LogP contribution in [0.1, 0.15) is 0 Å². The molecule has 0 bridgehead atoms. The van der Waals surface area contributed by atoms with Gasteiger partial charge in [0.1, 0.15) is 12.5 Å². The summed E-state index contributed by atoms with van der Waals surface area (Å²) in [6, 6.07) is 0. The molecule has 0 aliphatic carbocycles. The van der Waals surface area contributed by atoms with Gasteiger partial charge in [0, 0.05) is 0 Å². The Kier molecular flexibility index (Phi) is 0.538. The van der Waals surface area contributed by atoms with E-state index in [0.29, 0.717) is 0 Å². The molecule has 0 aliphatic rings. The quantitative estimate of drug-likeness (QED) is 0.454. The van der Waals surface area contributed by atoms with Gasteiger partial charge in [-0.2, -0.15) is 0 Å². The predicted molar refractivity (Wildman–Crippen MR) is 17.2 cm³/mol. The molecule has 0 N–H and O–H groups in total. The summed E-state index contributed by atoms with van der Waals surface area (Å²) in [6.07, 6.45) is 2.37. The zero-order chi connectivity index (χ0) is 4.41. The van der Waals surface area contributed by atoms with Crippen molar-refractivity contribution in [2.75, 3.05) is 0 Å². The lowest BCUT2D eigenvalue weighted by molar-refractivity contribution is 0.385. The molecule has 3 nitrogen and oxygen atoms in total. The molecule has 0 fully saturated rings. The maximum absolute atomic E-state index is 9.74. The molecule has 0 radical (unpaired) electrons. The van der Waals surface area contributed by atoms with Gasteiger partial charge < -0.3 is 8.83 Å². The molecule has 0 saturated heterocycles. The molecule has 0 unspecified atom stereocenters. The van der Waals surface area contributed by atoms with E-state index in [1.54, 1.807) is 0 Å². The van der Waals surface area contributed by atoms with E-state index in [9.17, 15) is 4.79 Å². The second-order valence-electron chi connectivity index (χ2n) is 0.758. The Hall–Kier alpha value is -0.990. The Morgan fingerprint density at radius 1 is 1.33 bits per heavy atom. The van der Waals surface area contributed by atoms with Gasteiger partial charge in [0.05, 0.1) is 0 Å². The Morgan fingerprint density at radius 3 is 2.00 bits per heavy atom.